The van der Waals surface area contributed by atoms with Crippen LogP contribution in [0.5, 0.6) is 0 Å². The number of carbonyl (C=O) groups is 1. The monoisotopic (exact) mass is 228 g/mol. The number of H-pyrrole nitrogens is 1. The molecule has 0 spiro atoms. The van der Waals surface area contributed by atoms with Crippen LogP contribution in [0.2, 0.25) is 0 Å². The highest BCUT2D eigenvalue weighted by molar-refractivity contribution is 5.76. The number of fused-ring (bicyclic) bond motifs is 1. The largest absolute Gasteiger partial charge is 0.465 e. The van der Waals surface area contributed by atoms with Crippen LogP contribution in [0.15, 0.2) is 24.5 Å². The topological polar surface area (TPSA) is 55.0 Å². The molecule has 2 aromatic rings. The van der Waals surface area contributed by atoms with Gasteiger partial charge in [0.2, 0.25) is 0 Å². The average Bonchev–Trinajstić information content (AvgIpc) is 2.76. The average molecular weight is 228 g/mol. The van der Waals surface area contributed by atoms with Crippen LogP contribution in [0.1, 0.15) is 18.9 Å². The van der Waals surface area contributed by atoms with Crippen molar-refractivity contribution >= 4 is 17.0 Å². The molecule has 0 fully saturated rings. The maximum absolute atomic E-state index is 11.1. The van der Waals surface area contributed by atoms with Crippen molar-refractivity contribution in [2.45, 2.75) is 13.3 Å². The molecule has 1 N–H and O–H groups in total. The van der Waals surface area contributed by atoms with E-state index in [9.17, 15) is 4.79 Å². The Morgan fingerprint density at radius 1 is 1.53 bits per heavy atom. The summed E-state index contributed by atoms with van der Waals surface area (Å²) in [5.41, 5.74) is 2.69. The molecule has 0 saturated heterocycles. The number of aromatic nitrogens is 2. The number of hydrogen-bond donors (Lipinski definition) is 1. The van der Waals surface area contributed by atoms with Gasteiger partial charge in [0.25, 0.3) is 0 Å². The van der Waals surface area contributed by atoms with Crippen molar-refractivity contribution in [3.63, 3.8) is 0 Å². The van der Waals surface area contributed by atoms with E-state index in [1.54, 1.807) is 13.3 Å². The third-order valence-corrected chi connectivity index (χ3v) is 2.19. The van der Waals surface area contributed by atoms with E-state index in [-0.39, 0.29) is 12.4 Å². The van der Waals surface area contributed by atoms with Crippen LogP contribution >= 0.6 is 0 Å². The van der Waals surface area contributed by atoms with E-state index < -0.39 is 0 Å². The zero-order valence-corrected chi connectivity index (χ0v) is 9.49. The van der Waals surface area contributed by atoms with E-state index in [2.05, 4.69) is 21.8 Å². The van der Waals surface area contributed by atoms with Crippen molar-refractivity contribution < 1.29 is 9.53 Å². The van der Waals surface area contributed by atoms with E-state index in [0.29, 0.717) is 6.61 Å². The molecule has 1 aromatic heterocycles. The van der Waals surface area contributed by atoms with E-state index in [4.69, 9.17) is 4.74 Å². The molecule has 0 atom stereocenters. The molecule has 1 aromatic carbocycles. The minimum Gasteiger partial charge on any atom is -0.465 e. The molecule has 0 bridgehead atoms. The van der Waals surface area contributed by atoms with Gasteiger partial charge in [0, 0.05) is 5.56 Å². The van der Waals surface area contributed by atoms with E-state index in [0.717, 1.165) is 16.6 Å². The molecule has 4 nitrogen and oxygen atoms in total. The van der Waals surface area contributed by atoms with Crippen LogP contribution in [0.25, 0.3) is 11.0 Å². The van der Waals surface area contributed by atoms with Gasteiger partial charge >= 0.3 is 5.97 Å². The fraction of sp³-hybridized carbons (Fsp3) is 0.231. The van der Waals surface area contributed by atoms with Gasteiger partial charge in [-0.15, -0.1) is 0 Å². The maximum atomic E-state index is 11.1. The first kappa shape index (κ1) is 11.2. The Bertz CT molecular complexity index is 590. The minimum absolute atomic E-state index is 0.120. The predicted octanol–water partition coefficient (Wildman–Crippen LogP) is 1.87. The summed E-state index contributed by atoms with van der Waals surface area (Å²) in [7, 11) is 0. The van der Waals surface area contributed by atoms with Crippen molar-refractivity contribution in [1.29, 1.82) is 0 Å². The lowest BCUT2D eigenvalue weighted by Crippen LogP contribution is -2.01. The van der Waals surface area contributed by atoms with Crippen LogP contribution in [0.4, 0.5) is 0 Å². The van der Waals surface area contributed by atoms with Gasteiger partial charge in [-0.3, -0.25) is 4.79 Å². The van der Waals surface area contributed by atoms with Crippen LogP contribution in [-0.4, -0.2) is 22.5 Å². The summed E-state index contributed by atoms with van der Waals surface area (Å²) in [5, 5.41) is 0. The standard InChI is InChI=1S/C13H12N2O2/c1-2-17-13(16)5-3-4-10-6-7-11-12(8-10)15-9-14-11/h6-9H,2,5H2,1H3,(H,14,15). The first-order valence-corrected chi connectivity index (χ1v) is 5.37. The van der Waals surface area contributed by atoms with Crippen molar-refractivity contribution in [2.24, 2.45) is 0 Å². The molecule has 0 radical (unpaired) electrons. The molecule has 1 heterocycles. The number of carbonyl (C=O) groups excluding carboxylic acids is 1. The van der Waals surface area contributed by atoms with E-state index in [1.165, 1.54) is 0 Å². The maximum Gasteiger partial charge on any atom is 0.317 e. The smallest absolute Gasteiger partial charge is 0.317 e. The highest BCUT2D eigenvalue weighted by atomic mass is 16.5. The fourth-order valence-electron chi connectivity index (χ4n) is 1.44. The number of nitrogens with one attached hydrogen (secondary N) is 1. The number of ether oxygens (including phenoxy) is 1. The third kappa shape index (κ3) is 2.85. The normalized spacial score (nSPS) is 9.71. The predicted molar refractivity (Wildman–Crippen MR) is 64.2 cm³/mol. The Labute approximate surface area is 99.0 Å². The molecule has 0 amide bonds. The molecule has 2 rings (SSSR count). The van der Waals surface area contributed by atoms with Gasteiger partial charge in [-0.2, -0.15) is 0 Å². The Morgan fingerprint density at radius 3 is 3.24 bits per heavy atom. The van der Waals surface area contributed by atoms with Gasteiger partial charge in [0.05, 0.1) is 24.0 Å². The second-order valence-corrected chi connectivity index (χ2v) is 3.42. The summed E-state index contributed by atoms with van der Waals surface area (Å²) in [6, 6.07) is 5.67. The number of aromatic amines is 1. The molecule has 0 aliphatic carbocycles. The van der Waals surface area contributed by atoms with Crippen LogP contribution < -0.4 is 0 Å². The Hall–Kier alpha value is -2.28. The van der Waals surface area contributed by atoms with Crippen molar-refractivity contribution in [3.8, 4) is 11.8 Å². The van der Waals surface area contributed by atoms with Crippen LogP contribution in [0, 0.1) is 11.8 Å². The molecular formula is C13H12N2O2. The third-order valence-electron chi connectivity index (χ3n) is 2.19. The number of benzene rings is 1. The number of imidazole rings is 1. The lowest BCUT2D eigenvalue weighted by atomic mass is 10.2. The highest BCUT2D eigenvalue weighted by Crippen LogP contribution is 2.10. The Kier molecular flexibility index (Phi) is 3.41. The Balaban J connectivity index is 2.07. The summed E-state index contributed by atoms with van der Waals surface area (Å²) in [4.78, 5) is 18.2. The Morgan fingerprint density at radius 2 is 2.41 bits per heavy atom. The number of hydrogen-bond acceptors (Lipinski definition) is 3. The molecule has 17 heavy (non-hydrogen) atoms. The van der Waals surface area contributed by atoms with Gasteiger partial charge in [-0.1, -0.05) is 11.8 Å². The first-order chi connectivity index (χ1) is 8.29. The quantitative estimate of drug-likeness (QED) is 0.630. The first-order valence-electron chi connectivity index (χ1n) is 5.37. The zero-order valence-electron chi connectivity index (χ0n) is 9.49. The van der Waals surface area contributed by atoms with Crippen molar-refractivity contribution in [3.05, 3.63) is 30.1 Å². The van der Waals surface area contributed by atoms with Gasteiger partial charge in [-0.05, 0) is 25.1 Å². The minimum atomic E-state index is -0.289. The van der Waals surface area contributed by atoms with Crippen LogP contribution in [0.3, 0.4) is 0 Å². The molecule has 0 aliphatic rings. The molecule has 4 heteroatoms. The number of esters is 1. The van der Waals surface area contributed by atoms with Gasteiger partial charge in [-0.25, -0.2) is 4.98 Å². The summed E-state index contributed by atoms with van der Waals surface area (Å²) in [6.45, 7) is 2.16. The van der Waals surface area contributed by atoms with Gasteiger partial charge in [0.1, 0.15) is 6.42 Å². The van der Waals surface area contributed by atoms with E-state index >= 15 is 0 Å². The van der Waals surface area contributed by atoms with Crippen molar-refractivity contribution in [2.75, 3.05) is 6.61 Å². The van der Waals surface area contributed by atoms with Gasteiger partial charge < -0.3 is 9.72 Å². The van der Waals surface area contributed by atoms with Crippen LogP contribution in [-0.2, 0) is 9.53 Å². The SMILES string of the molecule is CCOC(=O)CC#Cc1ccc2nc[nH]c2c1. The summed E-state index contributed by atoms with van der Waals surface area (Å²) in [5.74, 6) is 5.41. The summed E-state index contributed by atoms with van der Waals surface area (Å²) < 4.78 is 4.78. The molecule has 0 saturated carbocycles. The lowest BCUT2D eigenvalue weighted by Gasteiger charge is -1.95. The highest BCUT2D eigenvalue weighted by Gasteiger charge is 1.97. The van der Waals surface area contributed by atoms with Gasteiger partial charge in [0.15, 0.2) is 0 Å². The van der Waals surface area contributed by atoms with Crippen molar-refractivity contribution in [1.82, 2.24) is 9.97 Å². The second-order valence-electron chi connectivity index (χ2n) is 3.42. The number of rotatable bonds is 2. The zero-order chi connectivity index (χ0) is 12.1. The van der Waals surface area contributed by atoms with E-state index in [1.807, 2.05) is 18.2 Å². The molecule has 0 unspecified atom stereocenters. The molecule has 86 valence electrons. The molecule has 0 aliphatic heterocycles. The summed E-state index contributed by atoms with van der Waals surface area (Å²) in [6.07, 6.45) is 1.76. The summed E-state index contributed by atoms with van der Waals surface area (Å²) >= 11 is 0. The second kappa shape index (κ2) is 5.17. The lowest BCUT2D eigenvalue weighted by molar-refractivity contribution is -0.141. The fourth-order valence-corrected chi connectivity index (χ4v) is 1.44. The molecular weight excluding hydrogens is 216 g/mol. The number of nitrogens with zero attached hydrogens (tertiary/aromatic N) is 1.